The first-order valence-electron chi connectivity index (χ1n) is 5.09. The molecular weight excluding hydrogens is 268 g/mol. The number of oxazole rings is 1. The van der Waals surface area contributed by atoms with Crippen LogP contribution in [0, 0.1) is 0 Å². The first-order chi connectivity index (χ1) is 7.65. The van der Waals surface area contributed by atoms with Crippen LogP contribution in [0.3, 0.4) is 0 Å². The van der Waals surface area contributed by atoms with Crippen LogP contribution in [0.25, 0.3) is 0 Å². The van der Waals surface area contributed by atoms with Gasteiger partial charge in [-0.15, -0.1) is 0 Å². The van der Waals surface area contributed by atoms with E-state index in [0.717, 1.165) is 10.2 Å². The minimum atomic E-state index is -0.0811. The lowest BCUT2D eigenvalue weighted by Gasteiger charge is -1.98. The molecule has 1 aromatic heterocycles. The van der Waals surface area contributed by atoms with Gasteiger partial charge in [0.15, 0.2) is 5.89 Å². The van der Waals surface area contributed by atoms with E-state index in [0.29, 0.717) is 12.3 Å². The molecule has 1 unspecified atom stereocenters. The van der Waals surface area contributed by atoms with E-state index in [1.165, 1.54) is 5.56 Å². The minimum absolute atomic E-state index is 0.0811. The van der Waals surface area contributed by atoms with Gasteiger partial charge in [-0.05, 0) is 24.6 Å². The molecule has 0 amide bonds. The Bertz CT molecular complexity index is 462. The number of rotatable bonds is 3. The van der Waals surface area contributed by atoms with E-state index in [-0.39, 0.29) is 6.04 Å². The maximum absolute atomic E-state index is 5.71. The predicted molar refractivity (Wildman–Crippen MR) is 66.1 cm³/mol. The molecule has 0 saturated carbocycles. The van der Waals surface area contributed by atoms with E-state index in [1.807, 2.05) is 31.2 Å². The summed E-state index contributed by atoms with van der Waals surface area (Å²) in [6, 6.07) is 8.01. The van der Waals surface area contributed by atoms with E-state index >= 15 is 0 Å². The van der Waals surface area contributed by atoms with Crippen molar-refractivity contribution >= 4 is 15.9 Å². The van der Waals surface area contributed by atoms with Gasteiger partial charge in [0.25, 0.3) is 0 Å². The highest BCUT2D eigenvalue weighted by Crippen LogP contribution is 2.15. The van der Waals surface area contributed by atoms with Crippen molar-refractivity contribution in [3.05, 3.63) is 52.1 Å². The third kappa shape index (κ3) is 2.71. The number of aromatic nitrogens is 1. The van der Waals surface area contributed by atoms with Gasteiger partial charge in [0, 0.05) is 16.9 Å². The fourth-order valence-electron chi connectivity index (χ4n) is 1.39. The van der Waals surface area contributed by atoms with Crippen LogP contribution >= 0.6 is 15.9 Å². The van der Waals surface area contributed by atoms with Gasteiger partial charge in [0.05, 0.1) is 5.69 Å². The lowest BCUT2D eigenvalue weighted by Crippen LogP contribution is -2.05. The predicted octanol–water partition coefficient (Wildman–Crippen LogP) is 3.05. The highest BCUT2D eigenvalue weighted by atomic mass is 79.9. The van der Waals surface area contributed by atoms with Crippen LogP contribution in [-0.4, -0.2) is 4.98 Å². The highest BCUT2D eigenvalue weighted by molar-refractivity contribution is 9.10. The zero-order valence-corrected chi connectivity index (χ0v) is 10.6. The van der Waals surface area contributed by atoms with Gasteiger partial charge in [0.1, 0.15) is 6.26 Å². The number of benzene rings is 1. The molecule has 4 heteroatoms. The zero-order chi connectivity index (χ0) is 11.5. The van der Waals surface area contributed by atoms with Gasteiger partial charge < -0.3 is 10.2 Å². The van der Waals surface area contributed by atoms with Gasteiger partial charge in [0.2, 0.25) is 0 Å². The van der Waals surface area contributed by atoms with Crippen LogP contribution < -0.4 is 5.73 Å². The molecule has 2 N–H and O–H groups in total. The average molecular weight is 281 g/mol. The normalized spacial score (nSPS) is 12.7. The molecule has 0 bridgehead atoms. The van der Waals surface area contributed by atoms with Crippen LogP contribution in [0.15, 0.2) is 39.4 Å². The van der Waals surface area contributed by atoms with Gasteiger partial charge in [-0.3, -0.25) is 0 Å². The van der Waals surface area contributed by atoms with Gasteiger partial charge in [-0.1, -0.05) is 28.1 Å². The van der Waals surface area contributed by atoms with E-state index in [1.54, 1.807) is 6.26 Å². The largest absolute Gasteiger partial charge is 0.448 e. The Hall–Kier alpha value is -1.13. The quantitative estimate of drug-likeness (QED) is 0.940. The van der Waals surface area contributed by atoms with E-state index in [2.05, 4.69) is 20.9 Å². The Labute approximate surface area is 103 Å². The van der Waals surface area contributed by atoms with Gasteiger partial charge in [-0.25, -0.2) is 4.98 Å². The van der Waals surface area contributed by atoms with Gasteiger partial charge in [-0.2, -0.15) is 0 Å². The summed E-state index contributed by atoms with van der Waals surface area (Å²) in [5.74, 6) is 0.703. The second-order valence-electron chi connectivity index (χ2n) is 3.76. The molecule has 3 nitrogen and oxygen atoms in total. The Balaban J connectivity index is 2.11. The van der Waals surface area contributed by atoms with Crippen LogP contribution in [0.5, 0.6) is 0 Å². The van der Waals surface area contributed by atoms with Crippen molar-refractivity contribution < 1.29 is 4.42 Å². The van der Waals surface area contributed by atoms with Crippen molar-refractivity contribution in [2.24, 2.45) is 5.73 Å². The molecule has 0 aliphatic carbocycles. The highest BCUT2D eigenvalue weighted by Gasteiger charge is 2.07. The molecule has 0 spiro atoms. The SMILES string of the molecule is CC(N)c1coc(Cc2ccc(Br)cc2)n1. The molecule has 0 saturated heterocycles. The van der Waals surface area contributed by atoms with E-state index < -0.39 is 0 Å². The maximum atomic E-state index is 5.71. The first kappa shape index (κ1) is 11.4. The molecule has 1 aromatic carbocycles. The standard InChI is InChI=1S/C12H13BrN2O/c1-8(14)11-7-16-12(15-11)6-9-2-4-10(13)5-3-9/h2-5,7-8H,6,14H2,1H3. The number of hydrogen-bond donors (Lipinski definition) is 1. The second-order valence-corrected chi connectivity index (χ2v) is 4.67. The summed E-state index contributed by atoms with van der Waals surface area (Å²) in [5.41, 5.74) is 7.68. The molecule has 84 valence electrons. The monoisotopic (exact) mass is 280 g/mol. The number of nitrogens with zero attached hydrogens (tertiary/aromatic N) is 1. The van der Waals surface area contributed by atoms with Gasteiger partial charge >= 0.3 is 0 Å². The number of hydrogen-bond acceptors (Lipinski definition) is 3. The van der Waals surface area contributed by atoms with Crippen molar-refractivity contribution in [1.82, 2.24) is 4.98 Å². The Morgan fingerprint density at radius 1 is 1.38 bits per heavy atom. The number of halogens is 1. The van der Waals surface area contributed by atoms with Crippen molar-refractivity contribution in [2.75, 3.05) is 0 Å². The molecule has 0 radical (unpaired) electrons. The summed E-state index contributed by atoms with van der Waals surface area (Å²) in [7, 11) is 0. The third-order valence-corrected chi connectivity index (χ3v) is 2.83. The molecule has 0 aliphatic heterocycles. The molecule has 1 atom stereocenters. The van der Waals surface area contributed by atoms with Crippen molar-refractivity contribution in [1.29, 1.82) is 0 Å². The smallest absolute Gasteiger partial charge is 0.198 e. The molecule has 0 fully saturated rings. The summed E-state index contributed by atoms with van der Waals surface area (Å²) in [5, 5.41) is 0. The lowest BCUT2D eigenvalue weighted by atomic mass is 10.1. The first-order valence-corrected chi connectivity index (χ1v) is 5.89. The summed E-state index contributed by atoms with van der Waals surface area (Å²) in [6.07, 6.45) is 2.32. The van der Waals surface area contributed by atoms with Crippen LogP contribution in [0.2, 0.25) is 0 Å². The average Bonchev–Trinajstić information content (AvgIpc) is 2.70. The minimum Gasteiger partial charge on any atom is -0.448 e. The van der Waals surface area contributed by atoms with Crippen molar-refractivity contribution in [3.63, 3.8) is 0 Å². The summed E-state index contributed by atoms with van der Waals surface area (Å²) >= 11 is 3.40. The Morgan fingerprint density at radius 2 is 2.06 bits per heavy atom. The second kappa shape index (κ2) is 4.80. The summed E-state index contributed by atoms with van der Waals surface area (Å²) in [6.45, 7) is 1.89. The molecule has 16 heavy (non-hydrogen) atoms. The lowest BCUT2D eigenvalue weighted by molar-refractivity contribution is 0.506. The molecule has 1 heterocycles. The fourth-order valence-corrected chi connectivity index (χ4v) is 1.66. The molecule has 2 aromatic rings. The van der Waals surface area contributed by atoms with E-state index in [4.69, 9.17) is 10.2 Å². The fraction of sp³-hybridized carbons (Fsp3) is 0.250. The molecule has 0 aliphatic rings. The zero-order valence-electron chi connectivity index (χ0n) is 8.98. The van der Waals surface area contributed by atoms with Crippen LogP contribution in [0.4, 0.5) is 0 Å². The Kier molecular flexibility index (Phi) is 3.41. The van der Waals surface area contributed by atoms with E-state index in [9.17, 15) is 0 Å². The molecular formula is C12H13BrN2O. The van der Waals surface area contributed by atoms with Crippen LogP contribution in [0.1, 0.15) is 30.1 Å². The summed E-state index contributed by atoms with van der Waals surface area (Å²) in [4.78, 5) is 4.32. The summed E-state index contributed by atoms with van der Waals surface area (Å²) < 4.78 is 6.43. The van der Waals surface area contributed by atoms with Crippen molar-refractivity contribution in [2.45, 2.75) is 19.4 Å². The molecule has 2 rings (SSSR count). The number of nitrogens with two attached hydrogens (primary N) is 1. The van der Waals surface area contributed by atoms with Crippen molar-refractivity contribution in [3.8, 4) is 0 Å². The maximum Gasteiger partial charge on any atom is 0.198 e. The Morgan fingerprint density at radius 3 is 2.62 bits per heavy atom. The topological polar surface area (TPSA) is 52.0 Å². The van der Waals surface area contributed by atoms with Crippen LogP contribution in [-0.2, 0) is 6.42 Å². The third-order valence-electron chi connectivity index (χ3n) is 2.30.